The van der Waals surface area contributed by atoms with E-state index in [2.05, 4.69) is 32.3 Å². The quantitative estimate of drug-likeness (QED) is 0.114. The van der Waals surface area contributed by atoms with E-state index in [1.807, 2.05) is 91.7 Å². The van der Waals surface area contributed by atoms with E-state index in [1.54, 1.807) is 0 Å². The molecule has 2 aliphatic rings. The van der Waals surface area contributed by atoms with E-state index in [0.29, 0.717) is 45.3 Å². The first kappa shape index (κ1) is 40.5. The van der Waals surface area contributed by atoms with E-state index in [-0.39, 0.29) is 23.7 Å². The van der Waals surface area contributed by atoms with E-state index in [4.69, 9.17) is 11.5 Å². The number of hydrogen-bond acceptors (Lipinski definition) is 8. The van der Waals surface area contributed by atoms with Crippen molar-refractivity contribution in [3.63, 3.8) is 0 Å². The van der Waals surface area contributed by atoms with Crippen molar-refractivity contribution in [2.24, 2.45) is 17.4 Å². The van der Waals surface area contributed by atoms with E-state index in [0.717, 1.165) is 49.2 Å². The zero-order valence-electron chi connectivity index (χ0n) is 31.8. The lowest BCUT2D eigenvalue weighted by molar-refractivity contribution is -0.139. The van der Waals surface area contributed by atoms with Crippen LogP contribution < -0.4 is 32.7 Å². The van der Waals surface area contributed by atoms with Gasteiger partial charge in [-0.3, -0.25) is 24.2 Å². The number of nitrogens with one attached hydrogen (secondary N) is 4. The zero-order chi connectivity index (χ0) is 38.5. The van der Waals surface area contributed by atoms with Crippen LogP contribution in [0.2, 0.25) is 0 Å². The molecule has 4 amide bonds. The highest BCUT2D eigenvalue weighted by molar-refractivity contribution is 5.95. The predicted octanol–water partition coefficient (Wildman–Crippen LogP) is 2.49. The molecule has 1 spiro atoms. The van der Waals surface area contributed by atoms with Gasteiger partial charge in [0, 0.05) is 44.2 Å². The number of nitrogens with two attached hydrogens (primary N) is 2. The number of rotatable bonds is 17. The Morgan fingerprint density at radius 1 is 0.796 bits per heavy atom. The molecule has 0 aliphatic carbocycles. The maximum atomic E-state index is 14.1. The summed E-state index contributed by atoms with van der Waals surface area (Å²) < 4.78 is 0. The monoisotopic (exact) mass is 738 g/mol. The highest BCUT2D eigenvalue weighted by atomic mass is 16.2. The van der Waals surface area contributed by atoms with Crippen LogP contribution in [0.5, 0.6) is 0 Å². The minimum absolute atomic E-state index is 0.0497. The second-order valence-electron chi connectivity index (χ2n) is 15.3. The summed E-state index contributed by atoms with van der Waals surface area (Å²) in [4.78, 5) is 62.1. The number of benzene rings is 2. The number of nitrogens with zero attached hydrogens (tertiary/aromatic N) is 2. The second-order valence-corrected chi connectivity index (χ2v) is 15.3. The van der Waals surface area contributed by atoms with Crippen LogP contribution in [0.1, 0.15) is 74.8 Å². The lowest BCUT2D eigenvalue weighted by Gasteiger charge is -2.45. The fourth-order valence-electron chi connectivity index (χ4n) is 7.70. The number of likely N-dealkylation sites (tertiary alicyclic amines) is 1. The predicted molar refractivity (Wildman–Crippen MR) is 210 cm³/mol. The Kier molecular flexibility index (Phi) is 14.7. The van der Waals surface area contributed by atoms with Crippen molar-refractivity contribution >= 4 is 23.6 Å². The molecule has 1 fully saturated rings. The van der Waals surface area contributed by atoms with Gasteiger partial charge in [-0.05, 0) is 80.2 Å². The Bertz CT molecular complexity index is 1680. The molecule has 3 aromatic rings. The van der Waals surface area contributed by atoms with Gasteiger partial charge in [-0.1, -0.05) is 80.6 Å². The highest BCUT2D eigenvalue weighted by Crippen LogP contribution is 2.38. The molecule has 12 heteroatoms. The minimum atomic E-state index is -0.985. The van der Waals surface area contributed by atoms with Crippen LogP contribution in [0.3, 0.4) is 0 Å². The number of carbonyl (C=O) groups is 4. The topological polar surface area (TPSA) is 185 Å². The van der Waals surface area contributed by atoms with Crippen LogP contribution >= 0.6 is 0 Å². The van der Waals surface area contributed by atoms with Crippen LogP contribution in [0.25, 0.3) is 0 Å². The Morgan fingerprint density at radius 3 is 2.06 bits per heavy atom. The van der Waals surface area contributed by atoms with E-state index < -0.39 is 41.9 Å². The van der Waals surface area contributed by atoms with Crippen molar-refractivity contribution < 1.29 is 19.2 Å². The van der Waals surface area contributed by atoms with E-state index in [1.165, 1.54) is 5.56 Å². The van der Waals surface area contributed by atoms with Crippen LogP contribution in [0.4, 0.5) is 0 Å². The number of hydrogen-bond donors (Lipinski definition) is 6. The van der Waals surface area contributed by atoms with Gasteiger partial charge in [0.25, 0.3) is 0 Å². The van der Waals surface area contributed by atoms with Crippen LogP contribution in [-0.4, -0.2) is 83.9 Å². The van der Waals surface area contributed by atoms with Crippen LogP contribution in [0.15, 0.2) is 79.0 Å². The third-order valence-electron chi connectivity index (χ3n) is 10.7. The number of unbranched alkanes of at least 4 members (excludes halogenated alkanes) is 1. The molecule has 5 rings (SSSR count). The first-order valence-electron chi connectivity index (χ1n) is 19.5. The first-order valence-corrected chi connectivity index (χ1v) is 19.5. The standard InChI is InChI=1S/C42H58N8O4/c1-29(2)24-35(49-40(53)36(26-31-14-7-4-8-15-31)48-38(51)33(44)25-30-12-5-3-6-13-30)39(52)47-34(17-9-10-20-43)41(54)50-22-18-42(19-23-50)28-45-27-37-32(42)16-11-21-46-37/h3-8,11-16,21,29,33-36,45H,9-10,17-20,22-28,43-44H2,1-2H3,(H,47,52)(H,48,51)(H,49,53)/t33-,34-,35-,36-/m1/s1. The Hall–Kier alpha value is -4.65. The molecule has 0 bridgehead atoms. The Balaban J connectivity index is 1.28. The van der Waals surface area contributed by atoms with Crippen molar-refractivity contribution in [2.45, 2.75) is 101 Å². The molecular weight excluding hydrogens is 681 g/mol. The molecule has 4 atom stereocenters. The second kappa shape index (κ2) is 19.6. The van der Waals surface area contributed by atoms with Gasteiger partial charge in [0.1, 0.15) is 18.1 Å². The Morgan fingerprint density at radius 2 is 1.41 bits per heavy atom. The van der Waals surface area contributed by atoms with Crippen molar-refractivity contribution in [3.05, 3.63) is 101 Å². The van der Waals surface area contributed by atoms with Crippen LogP contribution in [0, 0.1) is 5.92 Å². The van der Waals surface area contributed by atoms with Gasteiger partial charge in [-0.25, -0.2) is 0 Å². The van der Waals surface area contributed by atoms with E-state index in [9.17, 15) is 19.2 Å². The summed E-state index contributed by atoms with van der Waals surface area (Å²) in [5.41, 5.74) is 16.1. The maximum Gasteiger partial charge on any atom is 0.245 e. The average Bonchev–Trinajstić information content (AvgIpc) is 3.18. The lowest BCUT2D eigenvalue weighted by Crippen LogP contribution is -2.59. The van der Waals surface area contributed by atoms with Crippen molar-refractivity contribution in [1.29, 1.82) is 0 Å². The fraction of sp³-hybridized carbons (Fsp3) is 0.500. The number of amides is 4. The lowest BCUT2D eigenvalue weighted by atomic mass is 9.70. The summed E-state index contributed by atoms with van der Waals surface area (Å²) in [7, 11) is 0. The van der Waals surface area contributed by atoms with Crippen LogP contribution in [-0.2, 0) is 44.0 Å². The third-order valence-corrected chi connectivity index (χ3v) is 10.7. The molecule has 1 aromatic heterocycles. The van der Waals surface area contributed by atoms with Crippen molar-refractivity contribution in [1.82, 2.24) is 31.2 Å². The summed E-state index contributed by atoms with van der Waals surface area (Å²) in [5, 5.41) is 12.3. The van der Waals surface area contributed by atoms with Gasteiger partial charge < -0.3 is 37.6 Å². The van der Waals surface area contributed by atoms with Crippen molar-refractivity contribution in [3.8, 4) is 0 Å². The first-order chi connectivity index (χ1) is 26.1. The molecular formula is C42H58N8O4. The molecule has 54 heavy (non-hydrogen) atoms. The molecule has 8 N–H and O–H groups in total. The van der Waals surface area contributed by atoms with Gasteiger partial charge >= 0.3 is 0 Å². The molecule has 0 unspecified atom stereocenters. The van der Waals surface area contributed by atoms with Gasteiger partial charge in [-0.15, -0.1) is 0 Å². The largest absolute Gasteiger partial charge is 0.343 e. The average molecular weight is 739 g/mol. The summed E-state index contributed by atoms with van der Waals surface area (Å²) in [6, 6.07) is 19.4. The summed E-state index contributed by atoms with van der Waals surface area (Å²) in [6.45, 7) is 7.14. The van der Waals surface area contributed by atoms with E-state index >= 15 is 0 Å². The summed E-state index contributed by atoms with van der Waals surface area (Å²) in [6.07, 6.45) is 6.10. The summed E-state index contributed by atoms with van der Waals surface area (Å²) >= 11 is 0. The molecule has 0 saturated carbocycles. The Labute approximate surface area is 319 Å². The molecule has 0 radical (unpaired) electrons. The minimum Gasteiger partial charge on any atom is -0.343 e. The molecule has 12 nitrogen and oxygen atoms in total. The van der Waals surface area contributed by atoms with Gasteiger partial charge in [0.15, 0.2) is 0 Å². The van der Waals surface area contributed by atoms with Gasteiger partial charge in [-0.2, -0.15) is 0 Å². The smallest absolute Gasteiger partial charge is 0.245 e. The number of pyridine rings is 1. The highest BCUT2D eigenvalue weighted by Gasteiger charge is 2.42. The SMILES string of the molecule is CC(C)C[C@@H](NC(=O)[C@@H](Cc1ccccc1)NC(=O)[C@H](N)Cc1ccccc1)C(=O)N[C@H](CCCCN)C(=O)N1CCC2(CC1)CNCc1ncccc12. The number of aromatic nitrogens is 1. The normalized spacial score (nSPS) is 17.2. The summed E-state index contributed by atoms with van der Waals surface area (Å²) in [5.74, 6) is -1.46. The molecule has 290 valence electrons. The van der Waals surface area contributed by atoms with Gasteiger partial charge in [0.2, 0.25) is 23.6 Å². The third kappa shape index (κ3) is 11.0. The van der Waals surface area contributed by atoms with Crippen molar-refractivity contribution in [2.75, 3.05) is 26.2 Å². The molecule has 3 heterocycles. The molecule has 1 saturated heterocycles. The maximum absolute atomic E-state index is 14.1. The number of fused-ring (bicyclic) bond motifs is 2. The zero-order valence-corrected chi connectivity index (χ0v) is 31.8. The molecule has 2 aliphatic heterocycles. The fourth-order valence-corrected chi connectivity index (χ4v) is 7.70. The van der Waals surface area contributed by atoms with Gasteiger partial charge in [0.05, 0.1) is 11.7 Å². The number of carbonyl (C=O) groups excluding carboxylic acids is 4. The number of piperidine rings is 1. The molecule has 2 aromatic carbocycles.